The first-order valence-electron chi connectivity index (χ1n) is 7.30. The molecule has 1 aliphatic heterocycles. The van der Waals surface area contributed by atoms with Crippen molar-refractivity contribution in [2.24, 2.45) is 0 Å². The second kappa shape index (κ2) is 7.10. The summed E-state index contributed by atoms with van der Waals surface area (Å²) in [6, 6.07) is 10.9. The van der Waals surface area contributed by atoms with Gasteiger partial charge in [0.2, 0.25) is 0 Å². The molecule has 0 unspecified atom stereocenters. The number of benzene rings is 1. The summed E-state index contributed by atoms with van der Waals surface area (Å²) < 4.78 is 12.1. The van der Waals surface area contributed by atoms with Crippen LogP contribution in [-0.4, -0.2) is 25.3 Å². The molecular weight excluding hydrogens is 336 g/mol. The number of hydrogen-bond donors (Lipinski definition) is 2. The zero-order valence-electron chi connectivity index (χ0n) is 12.5. The van der Waals surface area contributed by atoms with E-state index in [1.165, 1.54) is 11.3 Å². The molecule has 7 heteroatoms. The first kappa shape index (κ1) is 16.0. The molecule has 1 aliphatic rings. The Labute approximate surface area is 143 Å². The van der Waals surface area contributed by atoms with Gasteiger partial charge in [-0.3, -0.25) is 0 Å². The molecule has 2 aromatic rings. The van der Waals surface area contributed by atoms with Gasteiger partial charge in [0.1, 0.15) is 6.61 Å². The maximum Gasteiger partial charge on any atom is 0.315 e. The molecule has 0 radical (unpaired) electrons. The third-order valence-electron chi connectivity index (χ3n) is 3.43. The van der Waals surface area contributed by atoms with E-state index in [0.29, 0.717) is 23.2 Å². The van der Waals surface area contributed by atoms with Crippen molar-refractivity contribution in [1.82, 2.24) is 10.6 Å². The molecule has 0 spiro atoms. The molecule has 1 aromatic heterocycles. The molecule has 0 saturated carbocycles. The third-order valence-corrected chi connectivity index (χ3v) is 4.84. The minimum atomic E-state index is -0.246. The summed E-state index contributed by atoms with van der Waals surface area (Å²) in [5.41, 5.74) is 0. The number of amides is 2. The Morgan fingerprint density at radius 2 is 2.13 bits per heavy atom. The maximum absolute atomic E-state index is 12.0. The van der Waals surface area contributed by atoms with E-state index in [0.717, 1.165) is 10.6 Å². The number of hydrogen-bond acceptors (Lipinski definition) is 4. The predicted molar refractivity (Wildman–Crippen MR) is 90.6 cm³/mol. The second-order valence-electron chi connectivity index (χ2n) is 5.22. The molecule has 2 amide bonds. The molecule has 2 atom stereocenters. The number of thiophene rings is 1. The van der Waals surface area contributed by atoms with E-state index in [1.54, 1.807) is 0 Å². The molecule has 5 nitrogen and oxygen atoms in total. The number of carbonyl (C=O) groups is 1. The SMILES string of the molecule is C[C@@H](NC(=O)NC[C@@H]1COc2ccccc2O1)c1ccc(Cl)s1. The number of fused-ring (bicyclic) bond motifs is 1. The molecule has 1 aromatic carbocycles. The lowest BCUT2D eigenvalue weighted by molar-refractivity contribution is 0.0917. The summed E-state index contributed by atoms with van der Waals surface area (Å²) in [6.45, 7) is 2.70. The van der Waals surface area contributed by atoms with Crippen LogP contribution in [0.2, 0.25) is 4.34 Å². The lowest BCUT2D eigenvalue weighted by Gasteiger charge is -2.26. The fourth-order valence-electron chi connectivity index (χ4n) is 2.25. The van der Waals surface area contributed by atoms with E-state index in [9.17, 15) is 4.79 Å². The van der Waals surface area contributed by atoms with Crippen LogP contribution in [0.15, 0.2) is 36.4 Å². The monoisotopic (exact) mass is 352 g/mol. The lowest BCUT2D eigenvalue weighted by Crippen LogP contribution is -2.44. The largest absolute Gasteiger partial charge is 0.486 e. The highest BCUT2D eigenvalue weighted by molar-refractivity contribution is 7.16. The van der Waals surface area contributed by atoms with Crippen molar-refractivity contribution in [2.45, 2.75) is 19.1 Å². The third kappa shape index (κ3) is 4.09. The van der Waals surface area contributed by atoms with Crippen LogP contribution in [-0.2, 0) is 0 Å². The van der Waals surface area contributed by atoms with Gasteiger partial charge in [-0.1, -0.05) is 23.7 Å². The number of para-hydroxylation sites is 2. The number of urea groups is 1. The smallest absolute Gasteiger partial charge is 0.315 e. The van der Waals surface area contributed by atoms with Gasteiger partial charge in [0.05, 0.1) is 16.9 Å². The van der Waals surface area contributed by atoms with E-state index in [1.807, 2.05) is 43.3 Å². The summed E-state index contributed by atoms with van der Waals surface area (Å²) in [5.74, 6) is 1.43. The molecule has 3 rings (SSSR count). The van der Waals surface area contributed by atoms with Gasteiger partial charge in [-0.15, -0.1) is 11.3 Å². The van der Waals surface area contributed by atoms with E-state index in [2.05, 4.69) is 10.6 Å². The van der Waals surface area contributed by atoms with Gasteiger partial charge in [0.15, 0.2) is 17.6 Å². The van der Waals surface area contributed by atoms with Crippen LogP contribution in [0.1, 0.15) is 17.8 Å². The average molecular weight is 353 g/mol. The van der Waals surface area contributed by atoms with Crippen LogP contribution >= 0.6 is 22.9 Å². The lowest BCUT2D eigenvalue weighted by atomic mass is 10.2. The Hall–Kier alpha value is -1.92. The predicted octanol–water partition coefficient (Wildman–Crippen LogP) is 3.60. The molecule has 0 bridgehead atoms. The number of nitrogens with one attached hydrogen (secondary N) is 2. The highest BCUT2D eigenvalue weighted by atomic mass is 35.5. The van der Waals surface area contributed by atoms with Crippen molar-refractivity contribution in [1.29, 1.82) is 0 Å². The summed E-state index contributed by atoms with van der Waals surface area (Å²) >= 11 is 7.36. The molecule has 0 aliphatic carbocycles. The standard InChI is InChI=1S/C16H17ClN2O3S/c1-10(14-6-7-15(17)23-14)19-16(20)18-8-11-9-21-12-4-2-3-5-13(12)22-11/h2-7,10-11H,8-9H2,1H3,(H2,18,19,20)/t10-,11-/m1/s1. The summed E-state index contributed by atoms with van der Waals surface area (Å²) in [6.07, 6.45) is -0.206. The normalized spacial score (nSPS) is 17.4. The summed E-state index contributed by atoms with van der Waals surface area (Å²) in [5, 5.41) is 5.68. The zero-order chi connectivity index (χ0) is 16.2. The van der Waals surface area contributed by atoms with Gasteiger partial charge < -0.3 is 20.1 Å². The van der Waals surface area contributed by atoms with Gasteiger partial charge in [-0.25, -0.2) is 4.79 Å². The molecular formula is C16H17ClN2O3S. The van der Waals surface area contributed by atoms with E-state index >= 15 is 0 Å². The van der Waals surface area contributed by atoms with Crippen molar-refractivity contribution in [3.63, 3.8) is 0 Å². The molecule has 122 valence electrons. The fraction of sp³-hybridized carbons (Fsp3) is 0.312. The van der Waals surface area contributed by atoms with Crippen molar-refractivity contribution >= 4 is 29.0 Å². The summed E-state index contributed by atoms with van der Waals surface area (Å²) in [4.78, 5) is 13.0. The Bertz CT molecular complexity index is 691. The average Bonchev–Trinajstić information content (AvgIpc) is 2.99. The molecule has 2 heterocycles. The van der Waals surface area contributed by atoms with Crippen LogP contribution in [0.5, 0.6) is 11.5 Å². The molecule has 2 N–H and O–H groups in total. The maximum atomic E-state index is 12.0. The van der Waals surface area contributed by atoms with E-state index in [-0.39, 0.29) is 18.2 Å². The topological polar surface area (TPSA) is 59.6 Å². The zero-order valence-corrected chi connectivity index (χ0v) is 14.1. The Kier molecular flexibility index (Phi) is 4.93. The minimum Gasteiger partial charge on any atom is -0.486 e. The van der Waals surface area contributed by atoms with Gasteiger partial charge in [0.25, 0.3) is 0 Å². The van der Waals surface area contributed by atoms with Gasteiger partial charge in [-0.2, -0.15) is 0 Å². The van der Waals surface area contributed by atoms with Crippen LogP contribution < -0.4 is 20.1 Å². The molecule has 0 saturated heterocycles. The highest BCUT2D eigenvalue weighted by Crippen LogP contribution is 2.30. The van der Waals surface area contributed by atoms with Crippen LogP contribution in [0, 0.1) is 0 Å². The van der Waals surface area contributed by atoms with Gasteiger partial charge in [-0.05, 0) is 31.2 Å². The quantitative estimate of drug-likeness (QED) is 0.883. The highest BCUT2D eigenvalue weighted by Gasteiger charge is 2.21. The van der Waals surface area contributed by atoms with Crippen molar-refractivity contribution in [3.05, 3.63) is 45.6 Å². The first-order chi connectivity index (χ1) is 11.1. The molecule has 0 fully saturated rings. The molecule has 23 heavy (non-hydrogen) atoms. The Balaban J connectivity index is 1.46. The number of carbonyl (C=O) groups excluding carboxylic acids is 1. The Morgan fingerprint density at radius 3 is 2.87 bits per heavy atom. The van der Waals surface area contributed by atoms with E-state index < -0.39 is 0 Å². The second-order valence-corrected chi connectivity index (χ2v) is 6.96. The van der Waals surface area contributed by atoms with Crippen molar-refractivity contribution in [2.75, 3.05) is 13.2 Å². The van der Waals surface area contributed by atoms with Crippen molar-refractivity contribution < 1.29 is 14.3 Å². The number of halogens is 1. The minimum absolute atomic E-state index is 0.100. The number of ether oxygens (including phenoxy) is 2. The fourth-order valence-corrected chi connectivity index (χ4v) is 3.31. The van der Waals surface area contributed by atoms with Crippen molar-refractivity contribution in [3.8, 4) is 11.5 Å². The van der Waals surface area contributed by atoms with Crippen LogP contribution in [0.4, 0.5) is 4.79 Å². The Morgan fingerprint density at radius 1 is 1.35 bits per heavy atom. The van der Waals surface area contributed by atoms with Crippen LogP contribution in [0.25, 0.3) is 0 Å². The van der Waals surface area contributed by atoms with Gasteiger partial charge >= 0.3 is 6.03 Å². The van der Waals surface area contributed by atoms with Gasteiger partial charge in [0, 0.05) is 4.88 Å². The van der Waals surface area contributed by atoms with E-state index in [4.69, 9.17) is 21.1 Å². The summed E-state index contributed by atoms with van der Waals surface area (Å²) in [7, 11) is 0. The van der Waals surface area contributed by atoms with Crippen LogP contribution in [0.3, 0.4) is 0 Å². The number of rotatable bonds is 4. The first-order valence-corrected chi connectivity index (χ1v) is 8.49.